The number of nitrogens with one attached hydrogen (secondary N) is 5. The van der Waals surface area contributed by atoms with Gasteiger partial charge >= 0.3 is 5.97 Å². The number of unbranched alkanes of at least 4 members (excludes halogenated alkanes) is 1. The highest BCUT2D eigenvalue weighted by Gasteiger charge is 2.40. The van der Waals surface area contributed by atoms with Crippen LogP contribution in [0.3, 0.4) is 0 Å². The van der Waals surface area contributed by atoms with Crippen LogP contribution in [-0.4, -0.2) is 163 Å². The van der Waals surface area contributed by atoms with Crippen LogP contribution in [0.25, 0.3) is 0 Å². The SMILES string of the molecule is CC(C)C[C@H](CC(=O)C(CCCN=C(N)N)NC(=O)[C@@H](CC(=O)C(CCCCN)NC(=O)[C@H](CC(=O)O)CC(=O)C(NC(=O)C(Cc1cnc[nH]1)NC(=O)[C@H]1CCCN1C(=O)[C@@H](C)CCCN=C(N)N)[C@@H](C)O)Cc1ccc(O)cc1)C(N)=O. The van der Waals surface area contributed by atoms with E-state index in [2.05, 4.69) is 41.2 Å². The number of likely N-dealkylation sites (tertiary alicyclic amines) is 1. The lowest BCUT2D eigenvalue weighted by Crippen LogP contribution is -2.58. The second-order valence-corrected chi connectivity index (χ2v) is 22.1. The number of carbonyl (C=O) groups excluding carboxylic acids is 9. The van der Waals surface area contributed by atoms with E-state index < -0.39 is 132 Å². The number of carboxylic acid groups (broad SMARTS) is 1. The average molecular weight is 1180 g/mol. The summed E-state index contributed by atoms with van der Waals surface area (Å²) in [5.74, 6) is -12.6. The number of amides is 6. The molecule has 20 N–H and O–H groups in total. The van der Waals surface area contributed by atoms with E-state index in [-0.39, 0.29) is 94.1 Å². The smallest absolute Gasteiger partial charge is 0.304 e. The van der Waals surface area contributed by atoms with Gasteiger partial charge < -0.3 is 80.9 Å². The van der Waals surface area contributed by atoms with Gasteiger partial charge in [-0.1, -0.05) is 32.9 Å². The Bertz CT molecular complexity index is 2570. The number of ketones is 3. The lowest BCUT2D eigenvalue weighted by molar-refractivity contribution is -0.143. The minimum absolute atomic E-state index is 0.00298. The second-order valence-electron chi connectivity index (χ2n) is 22.1. The predicted octanol–water partition coefficient (Wildman–Crippen LogP) is -1.18. The number of aromatic hydroxyl groups is 1. The number of phenolic OH excluding ortho intramolecular Hbond substituents is 1. The largest absolute Gasteiger partial charge is 0.508 e. The van der Waals surface area contributed by atoms with Crippen molar-refractivity contribution in [2.24, 2.45) is 74.0 Å². The summed E-state index contributed by atoms with van der Waals surface area (Å²) < 4.78 is 0. The maximum atomic E-state index is 14.6. The number of hydrogen-bond donors (Lipinski definition) is 14. The summed E-state index contributed by atoms with van der Waals surface area (Å²) >= 11 is 0. The van der Waals surface area contributed by atoms with Crippen LogP contribution >= 0.6 is 0 Å². The fourth-order valence-electron chi connectivity index (χ4n) is 9.99. The first-order valence-electron chi connectivity index (χ1n) is 28.6. The van der Waals surface area contributed by atoms with E-state index in [0.29, 0.717) is 56.3 Å². The van der Waals surface area contributed by atoms with Gasteiger partial charge in [0.1, 0.15) is 23.9 Å². The molecule has 4 unspecified atom stereocenters. The molecule has 2 heterocycles. The molecule has 0 saturated carbocycles. The van der Waals surface area contributed by atoms with Gasteiger partial charge in [0.05, 0.1) is 36.9 Å². The van der Waals surface area contributed by atoms with Crippen molar-refractivity contribution in [2.75, 3.05) is 26.2 Å². The Hall–Kier alpha value is -8.01. The number of H-pyrrole nitrogens is 1. The number of nitrogens with two attached hydrogens (primary N) is 6. The molecule has 1 saturated heterocycles. The Balaban J connectivity index is 1.91. The van der Waals surface area contributed by atoms with Gasteiger partial charge in [-0.15, -0.1) is 0 Å². The summed E-state index contributed by atoms with van der Waals surface area (Å²) in [6, 6.07) is -0.848. The van der Waals surface area contributed by atoms with Gasteiger partial charge in [-0.3, -0.25) is 57.9 Å². The molecule has 0 spiro atoms. The van der Waals surface area contributed by atoms with Crippen LogP contribution in [0.2, 0.25) is 0 Å². The number of carboxylic acids is 1. The number of benzene rings is 1. The summed E-state index contributed by atoms with van der Waals surface area (Å²) in [5.41, 5.74) is 34.2. The third kappa shape index (κ3) is 24.8. The van der Waals surface area contributed by atoms with Crippen molar-refractivity contribution in [2.45, 2.75) is 167 Å². The first kappa shape index (κ1) is 70.3. The van der Waals surface area contributed by atoms with Gasteiger partial charge in [0.2, 0.25) is 35.4 Å². The molecule has 3 rings (SSSR count). The molecule has 1 aliphatic heterocycles. The van der Waals surface area contributed by atoms with Crippen molar-refractivity contribution in [1.29, 1.82) is 0 Å². The molecule has 0 radical (unpaired) electrons. The van der Waals surface area contributed by atoms with Crippen LogP contribution in [0.1, 0.15) is 129 Å². The fraction of sp³-hybridized carbons (Fsp3) is 0.625. The number of imidazole rings is 1. The third-order valence-corrected chi connectivity index (χ3v) is 14.5. The normalized spacial score (nSPS) is 16.3. The topological polar surface area (TPSA) is 492 Å². The van der Waals surface area contributed by atoms with Gasteiger partial charge in [-0.25, -0.2) is 4.98 Å². The highest BCUT2D eigenvalue weighted by atomic mass is 16.4. The summed E-state index contributed by atoms with van der Waals surface area (Å²) in [7, 11) is 0. The Morgan fingerprint density at radius 3 is 1.80 bits per heavy atom. The molecule has 28 heteroatoms. The monoisotopic (exact) mass is 1180 g/mol. The maximum absolute atomic E-state index is 14.6. The van der Waals surface area contributed by atoms with Crippen molar-refractivity contribution in [3.8, 4) is 5.75 Å². The van der Waals surface area contributed by atoms with Crippen LogP contribution < -0.4 is 55.7 Å². The number of nitrogens with zero attached hydrogens (tertiary/aromatic N) is 4. The molecule has 0 bridgehead atoms. The Morgan fingerprint density at radius 1 is 0.690 bits per heavy atom. The van der Waals surface area contributed by atoms with E-state index in [1.54, 1.807) is 6.92 Å². The Kier molecular flexibility index (Phi) is 30.0. The molecule has 2 aromatic rings. The van der Waals surface area contributed by atoms with Gasteiger partial charge in [0, 0.05) is 75.0 Å². The fourth-order valence-corrected chi connectivity index (χ4v) is 9.99. The van der Waals surface area contributed by atoms with E-state index >= 15 is 0 Å². The maximum Gasteiger partial charge on any atom is 0.304 e. The minimum atomic E-state index is -1.76. The van der Waals surface area contributed by atoms with Gasteiger partial charge in [-0.05, 0) is 108 Å². The second kappa shape index (κ2) is 35.9. The number of phenols is 1. The number of carbonyl (C=O) groups is 10. The molecule has 1 aromatic carbocycles. The summed E-state index contributed by atoms with van der Waals surface area (Å²) in [4.78, 5) is 154. The van der Waals surface area contributed by atoms with E-state index in [1.807, 2.05) is 13.8 Å². The number of Topliss-reactive ketones (excluding diaryl/α,β-unsaturated/α-hetero) is 3. The zero-order valence-corrected chi connectivity index (χ0v) is 48.6. The third-order valence-electron chi connectivity index (χ3n) is 14.5. The standard InChI is InChI=1S/C56H89N15O13/c1-31(2)22-35(49(58)79)24-44(74)41(12-8-20-65-56(61)62)68-50(80)36(23-34-14-16-39(73)17-15-34)25-45(75)40(11-5-6-18-57)67-51(81)37(27-47(77)78)26-46(76)48(33(4)72)70-52(82)42(28-38-29-63-30-66-38)69-53(83)43-13-9-21-71(43)54(84)32(3)10-7-19-64-55(59)60/h14-17,29-33,35-37,40-43,48,72-73H,5-13,18-28,57H2,1-4H3,(H2,58,79)(H,63,66)(H,67,81)(H,68,80)(H,69,83)(H,70,82)(H,77,78)(H4,59,60,64)(H4,61,62,65)/t32-,33+,35+,36+,37-,40?,41?,42?,43+,48?/m0/s1. The summed E-state index contributed by atoms with van der Waals surface area (Å²) in [6.07, 6.45) is 1.11. The first-order valence-corrected chi connectivity index (χ1v) is 28.6. The van der Waals surface area contributed by atoms with Crippen LogP contribution in [0, 0.1) is 29.6 Å². The summed E-state index contributed by atoms with van der Waals surface area (Å²) in [5, 5.41) is 41.6. The molecule has 28 nitrogen and oxygen atoms in total. The van der Waals surface area contributed by atoms with Crippen molar-refractivity contribution in [1.82, 2.24) is 36.1 Å². The van der Waals surface area contributed by atoms with E-state index in [9.17, 15) is 63.3 Å². The van der Waals surface area contributed by atoms with Gasteiger partial charge in [0.15, 0.2) is 29.3 Å². The molecule has 1 aliphatic rings. The molecule has 466 valence electrons. The zero-order valence-electron chi connectivity index (χ0n) is 48.6. The number of aromatic nitrogens is 2. The molecular weight excluding hydrogens is 1090 g/mol. The summed E-state index contributed by atoms with van der Waals surface area (Å²) in [6.45, 7) is 7.52. The van der Waals surface area contributed by atoms with Gasteiger partial charge in [-0.2, -0.15) is 0 Å². The minimum Gasteiger partial charge on any atom is -0.508 e. The number of guanidine groups is 2. The number of aliphatic hydroxyl groups is 1. The number of aliphatic imine (C=N–C) groups is 2. The molecule has 0 aliphatic carbocycles. The molecule has 6 amide bonds. The number of primary amides is 1. The van der Waals surface area contributed by atoms with Gasteiger partial charge in [0.25, 0.3) is 0 Å². The molecule has 1 fully saturated rings. The highest BCUT2D eigenvalue weighted by molar-refractivity contribution is 5.99. The number of aromatic amines is 1. The van der Waals surface area contributed by atoms with Crippen LogP contribution in [0.15, 0.2) is 46.8 Å². The van der Waals surface area contributed by atoms with Crippen LogP contribution in [0.5, 0.6) is 5.75 Å². The molecule has 84 heavy (non-hydrogen) atoms. The van der Waals surface area contributed by atoms with Crippen molar-refractivity contribution in [3.05, 3.63) is 48.0 Å². The predicted molar refractivity (Wildman–Crippen MR) is 310 cm³/mol. The van der Waals surface area contributed by atoms with Crippen molar-refractivity contribution >= 4 is 70.7 Å². The van der Waals surface area contributed by atoms with E-state index in [0.717, 1.165) is 0 Å². The van der Waals surface area contributed by atoms with E-state index in [4.69, 9.17) is 34.4 Å². The number of hydrogen-bond acceptors (Lipinski definition) is 16. The first-order chi connectivity index (χ1) is 39.7. The number of aliphatic carboxylic acids is 1. The molecule has 10 atom stereocenters. The number of aliphatic hydroxyl groups excluding tert-OH is 1. The average Bonchev–Trinajstić information content (AvgIpc) is 4.24. The van der Waals surface area contributed by atoms with Crippen molar-refractivity contribution < 1.29 is 63.3 Å². The zero-order chi connectivity index (χ0) is 62.6. The van der Waals surface area contributed by atoms with Crippen molar-refractivity contribution in [3.63, 3.8) is 0 Å². The van der Waals surface area contributed by atoms with E-state index in [1.165, 1.54) is 48.6 Å². The Morgan fingerprint density at radius 2 is 1.26 bits per heavy atom. The lowest BCUT2D eigenvalue weighted by Gasteiger charge is -2.29. The molecular formula is C56H89N15O13. The van der Waals surface area contributed by atoms with Crippen LogP contribution in [-0.2, 0) is 60.8 Å². The Labute approximate surface area is 489 Å². The lowest BCUT2D eigenvalue weighted by atomic mass is 9.87. The quantitative estimate of drug-likeness (QED) is 0.0212. The van der Waals surface area contributed by atoms with Crippen LogP contribution in [0.4, 0.5) is 0 Å². The highest BCUT2D eigenvalue weighted by Crippen LogP contribution is 2.25. The molecule has 1 aromatic heterocycles. The number of rotatable bonds is 40.